The highest BCUT2D eigenvalue weighted by Crippen LogP contribution is 2.14. The molecule has 0 aromatic heterocycles. The number of para-hydroxylation sites is 1. The van der Waals surface area contributed by atoms with Gasteiger partial charge in [-0.25, -0.2) is 4.79 Å². The Hall–Kier alpha value is -2.50. The molecule has 0 unspecified atom stereocenters. The van der Waals surface area contributed by atoms with E-state index in [1.807, 2.05) is 6.07 Å². The lowest BCUT2D eigenvalue weighted by atomic mass is 10.2. The van der Waals surface area contributed by atoms with Gasteiger partial charge < -0.3 is 20.1 Å². The smallest absolute Gasteiger partial charge is 0.349 e. The van der Waals surface area contributed by atoms with Gasteiger partial charge in [-0.05, 0) is 19.1 Å². The molecule has 6 heteroatoms. The Morgan fingerprint density at radius 2 is 2.10 bits per heavy atom. The third-order valence-corrected chi connectivity index (χ3v) is 2.60. The van der Waals surface area contributed by atoms with Crippen LogP contribution in [0.25, 0.3) is 0 Å². The van der Waals surface area contributed by atoms with Crippen molar-refractivity contribution < 1.29 is 19.1 Å². The minimum atomic E-state index is -0.703. The Labute approximate surface area is 116 Å². The molecule has 1 heterocycles. The van der Waals surface area contributed by atoms with Crippen molar-refractivity contribution in [1.82, 2.24) is 5.32 Å². The molecule has 1 aromatic rings. The van der Waals surface area contributed by atoms with Gasteiger partial charge in [0.15, 0.2) is 5.57 Å². The van der Waals surface area contributed by atoms with Gasteiger partial charge in [0.05, 0.1) is 13.2 Å². The lowest BCUT2D eigenvalue weighted by molar-refractivity contribution is -0.140. The monoisotopic (exact) mass is 276 g/mol. The molecule has 1 fully saturated rings. The van der Waals surface area contributed by atoms with Gasteiger partial charge in [0, 0.05) is 5.69 Å². The van der Waals surface area contributed by atoms with E-state index in [-0.39, 0.29) is 18.1 Å². The van der Waals surface area contributed by atoms with Crippen LogP contribution in [0.1, 0.15) is 6.92 Å². The van der Waals surface area contributed by atoms with E-state index in [1.54, 1.807) is 31.2 Å². The molecule has 0 radical (unpaired) electrons. The quantitative estimate of drug-likeness (QED) is 0.371. The van der Waals surface area contributed by atoms with Crippen LogP contribution in [0.4, 0.5) is 5.69 Å². The van der Waals surface area contributed by atoms with Gasteiger partial charge in [-0.3, -0.25) is 4.79 Å². The first-order chi connectivity index (χ1) is 9.72. The first kappa shape index (κ1) is 13.9. The highest BCUT2D eigenvalue weighted by Gasteiger charge is 2.28. The average Bonchev–Trinajstić information content (AvgIpc) is 2.94. The van der Waals surface area contributed by atoms with E-state index in [2.05, 4.69) is 10.6 Å². The number of ether oxygens (including phenoxy) is 2. The number of hydrogen-bond donors (Lipinski definition) is 2. The van der Waals surface area contributed by atoms with Crippen LogP contribution in [0.5, 0.6) is 0 Å². The lowest BCUT2D eigenvalue weighted by Crippen LogP contribution is -2.26. The van der Waals surface area contributed by atoms with Crippen LogP contribution in [-0.2, 0) is 19.1 Å². The fourth-order valence-corrected chi connectivity index (χ4v) is 1.74. The van der Waals surface area contributed by atoms with E-state index >= 15 is 0 Å². The summed E-state index contributed by atoms with van der Waals surface area (Å²) in [6.07, 6.45) is 0. The molecule has 2 rings (SSSR count). The predicted octanol–water partition coefficient (Wildman–Crippen LogP) is 1.02. The molecule has 106 valence electrons. The van der Waals surface area contributed by atoms with Gasteiger partial charge in [-0.15, -0.1) is 0 Å². The van der Waals surface area contributed by atoms with Crippen LogP contribution in [0, 0.1) is 0 Å². The Morgan fingerprint density at radius 3 is 2.70 bits per heavy atom. The van der Waals surface area contributed by atoms with Crippen LogP contribution in [0.15, 0.2) is 41.8 Å². The molecule has 0 saturated carbocycles. The summed E-state index contributed by atoms with van der Waals surface area (Å²) in [7, 11) is 0. The molecule has 1 aliphatic heterocycles. The average molecular weight is 276 g/mol. The van der Waals surface area contributed by atoms with Crippen molar-refractivity contribution >= 4 is 17.6 Å². The summed E-state index contributed by atoms with van der Waals surface area (Å²) >= 11 is 0. The van der Waals surface area contributed by atoms with Crippen LogP contribution in [0.3, 0.4) is 0 Å². The normalized spacial score (nSPS) is 15.8. The minimum absolute atomic E-state index is 0.145. The zero-order valence-electron chi connectivity index (χ0n) is 11.1. The van der Waals surface area contributed by atoms with E-state index in [0.29, 0.717) is 18.8 Å². The van der Waals surface area contributed by atoms with Gasteiger partial charge in [0.1, 0.15) is 6.61 Å². The van der Waals surface area contributed by atoms with Crippen molar-refractivity contribution in [2.45, 2.75) is 6.92 Å². The van der Waals surface area contributed by atoms with E-state index < -0.39 is 11.9 Å². The highest BCUT2D eigenvalue weighted by molar-refractivity contribution is 6.21. The standard InChI is InChI=1S/C14H16N2O4/c1-2-19-14(18)11(13-15-8-9-20-13)12(17)16-10-6-4-3-5-7-10/h3-7,15H,2,8-9H2,1H3,(H,16,17)/b13-11+. The number of nitrogens with one attached hydrogen (secondary N) is 2. The second-order valence-corrected chi connectivity index (χ2v) is 4.02. The molecule has 0 bridgehead atoms. The molecule has 20 heavy (non-hydrogen) atoms. The molecule has 6 nitrogen and oxygen atoms in total. The molecule has 1 aromatic carbocycles. The van der Waals surface area contributed by atoms with Crippen LogP contribution in [0.2, 0.25) is 0 Å². The predicted molar refractivity (Wildman–Crippen MR) is 72.7 cm³/mol. The molecule has 1 saturated heterocycles. The Balaban J connectivity index is 2.20. The van der Waals surface area contributed by atoms with Gasteiger partial charge in [-0.1, -0.05) is 18.2 Å². The Morgan fingerprint density at radius 1 is 1.35 bits per heavy atom. The molecule has 0 atom stereocenters. The number of benzene rings is 1. The van der Waals surface area contributed by atoms with Crippen molar-refractivity contribution in [3.63, 3.8) is 0 Å². The fraction of sp³-hybridized carbons (Fsp3) is 0.286. The van der Waals surface area contributed by atoms with E-state index in [4.69, 9.17) is 9.47 Å². The summed E-state index contributed by atoms with van der Waals surface area (Å²) in [6, 6.07) is 8.87. The van der Waals surface area contributed by atoms with Gasteiger partial charge in [0.25, 0.3) is 5.91 Å². The number of amides is 1. The maximum Gasteiger partial charge on any atom is 0.349 e. The first-order valence-corrected chi connectivity index (χ1v) is 6.37. The topological polar surface area (TPSA) is 76.7 Å². The molecular weight excluding hydrogens is 260 g/mol. The van der Waals surface area contributed by atoms with Crippen molar-refractivity contribution in [3.8, 4) is 0 Å². The second kappa shape index (κ2) is 6.60. The highest BCUT2D eigenvalue weighted by atomic mass is 16.5. The van der Waals surface area contributed by atoms with Crippen molar-refractivity contribution in [3.05, 3.63) is 41.8 Å². The number of rotatable bonds is 4. The summed E-state index contributed by atoms with van der Waals surface area (Å²) in [5.74, 6) is -1.10. The summed E-state index contributed by atoms with van der Waals surface area (Å²) < 4.78 is 10.1. The maximum absolute atomic E-state index is 12.2. The molecular formula is C14H16N2O4. The molecule has 0 spiro atoms. The van der Waals surface area contributed by atoms with Crippen LogP contribution in [-0.4, -0.2) is 31.6 Å². The zero-order chi connectivity index (χ0) is 14.4. The molecule has 1 amide bonds. The zero-order valence-corrected chi connectivity index (χ0v) is 11.1. The number of carbonyl (C=O) groups excluding carboxylic acids is 2. The van der Waals surface area contributed by atoms with Gasteiger partial charge in [-0.2, -0.15) is 0 Å². The number of anilines is 1. The lowest BCUT2D eigenvalue weighted by Gasteiger charge is -2.10. The number of hydrogen-bond acceptors (Lipinski definition) is 5. The number of carbonyl (C=O) groups is 2. The summed E-state index contributed by atoms with van der Waals surface area (Å²) in [5.41, 5.74) is 0.450. The van der Waals surface area contributed by atoms with Crippen molar-refractivity contribution in [1.29, 1.82) is 0 Å². The van der Waals surface area contributed by atoms with Gasteiger partial charge in [0.2, 0.25) is 5.88 Å². The van der Waals surface area contributed by atoms with Crippen LogP contribution < -0.4 is 10.6 Å². The summed E-state index contributed by atoms with van der Waals surface area (Å²) in [4.78, 5) is 24.1. The van der Waals surface area contributed by atoms with E-state index in [9.17, 15) is 9.59 Å². The summed E-state index contributed by atoms with van der Waals surface area (Å²) in [6.45, 7) is 2.83. The third-order valence-electron chi connectivity index (χ3n) is 2.60. The van der Waals surface area contributed by atoms with Crippen LogP contribution >= 0.6 is 0 Å². The Kier molecular flexibility index (Phi) is 4.60. The maximum atomic E-state index is 12.2. The molecule has 2 N–H and O–H groups in total. The summed E-state index contributed by atoms with van der Waals surface area (Å²) in [5, 5.41) is 5.50. The SMILES string of the molecule is CCOC(=O)/C(C(=O)Nc1ccccc1)=C1\NCCO1. The third kappa shape index (κ3) is 3.28. The van der Waals surface area contributed by atoms with Crippen molar-refractivity contribution in [2.75, 3.05) is 25.1 Å². The Bertz CT molecular complexity index is 517. The van der Waals surface area contributed by atoms with Crippen molar-refractivity contribution in [2.24, 2.45) is 0 Å². The van der Waals surface area contributed by atoms with E-state index in [0.717, 1.165) is 0 Å². The fourth-order valence-electron chi connectivity index (χ4n) is 1.74. The second-order valence-electron chi connectivity index (χ2n) is 4.02. The van der Waals surface area contributed by atoms with Gasteiger partial charge >= 0.3 is 5.97 Å². The molecule has 0 aliphatic carbocycles. The number of esters is 1. The minimum Gasteiger partial charge on any atom is -0.477 e. The first-order valence-electron chi connectivity index (χ1n) is 6.37. The van der Waals surface area contributed by atoms with E-state index in [1.165, 1.54) is 0 Å². The largest absolute Gasteiger partial charge is 0.477 e. The molecule has 1 aliphatic rings.